The van der Waals surface area contributed by atoms with E-state index in [0.717, 1.165) is 30.3 Å². The van der Waals surface area contributed by atoms with Crippen LogP contribution >= 0.6 is 0 Å². The van der Waals surface area contributed by atoms with Crippen molar-refractivity contribution in [3.05, 3.63) is 53.1 Å². The summed E-state index contributed by atoms with van der Waals surface area (Å²) in [4.78, 5) is 11.4. The molecule has 0 radical (unpaired) electrons. The van der Waals surface area contributed by atoms with Gasteiger partial charge >= 0.3 is 0 Å². The van der Waals surface area contributed by atoms with Gasteiger partial charge in [0.2, 0.25) is 0 Å². The Hall–Kier alpha value is -2.09. The zero-order chi connectivity index (χ0) is 14.5. The SMILES string of the molecule is CCc1ccc(CC)c(-c2ccc(OC)cc2C=O)c1. The molecule has 2 aromatic carbocycles. The maximum absolute atomic E-state index is 11.4. The highest BCUT2D eigenvalue weighted by Gasteiger charge is 2.10. The Bertz CT molecular complexity index is 615. The Morgan fingerprint density at radius 2 is 1.80 bits per heavy atom. The first-order chi connectivity index (χ1) is 9.73. The number of rotatable bonds is 5. The summed E-state index contributed by atoms with van der Waals surface area (Å²) in [5.41, 5.74) is 5.34. The molecular weight excluding hydrogens is 248 g/mol. The minimum atomic E-state index is 0.673. The second kappa shape index (κ2) is 6.38. The quantitative estimate of drug-likeness (QED) is 0.756. The number of aldehydes is 1. The van der Waals surface area contributed by atoms with Crippen molar-refractivity contribution in [1.82, 2.24) is 0 Å². The van der Waals surface area contributed by atoms with Crippen LogP contribution < -0.4 is 4.74 Å². The van der Waals surface area contributed by atoms with Gasteiger partial charge in [0.1, 0.15) is 5.75 Å². The number of aryl methyl sites for hydroxylation is 2. The van der Waals surface area contributed by atoms with Gasteiger partial charge in [-0.3, -0.25) is 4.79 Å². The van der Waals surface area contributed by atoms with Crippen LogP contribution in [-0.4, -0.2) is 13.4 Å². The van der Waals surface area contributed by atoms with Crippen LogP contribution in [0.3, 0.4) is 0 Å². The molecule has 0 spiro atoms. The molecule has 0 aliphatic rings. The van der Waals surface area contributed by atoms with E-state index in [0.29, 0.717) is 11.3 Å². The summed E-state index contributed by atoms with van der Waals surface area (Å²) in [6.07, 6.45) is 2.84. The van der Waals surface area contributed by atoms with Gasteiger partial charge in [-0.15, -0.1) is 0 Å². The first kappa shape index (κ1) is 14.3. The summed E-state index contributed by atoms with van der Waals surface area (Å²) in [6.45, 7) is 4.27. The molecule has 2 heteroatoms. The first-order valence-electron chi connectivity index (χ1n) is 6.98. The number of carbonyl (C=O) groups excluding carboxylic acids is 1. The first-order valence-corrected chi connectivity index (χ1v) is 6.98. The van der Waals surface area contributed by atoms with Crippen LogP contribution in [0.2, 0.25) is 0 Å². The van der Waals surface area contributed by atoms with Gasteiger partial charge < -0.3 is 4.74 Å². The molecule has 2 aromatic rings. The maximum Gasteiger partial charge on any atom is 0.150 e. The average molecular weight is 268 g/mol. The van der Waals surface area contributed by atoms with E-state index in [1.807, 2.05) is 12.1 Å². The van der Waals surface area contributed by atoms with Crippen molar-refractivity contribution in [3.63, 3.8) is 0 Å². The van der Waals surface area contributed by atoms with Crippen LogP contribution in [0.1, 0.15) is 35.3 Å². The summed E-state index contributed by atoms with van der Waals surface area (Å²) in [5, 5.41) is 0. The van der Waals surface area contributed by atoms with Gasteiger partial charge in [-0.1, -0.05) is 32.0 Å². The fraction of sp³-hybridized carbons (Fsp3) is 0.278. The van der Waals surface area contributed by atoms with Crippen LogP contribution in [0.25, 0.3) is 11.1 Å². The van der Waals surface area contributed by atoms with Crippen molar-refractivity contribution in [2.45, 2.75) is 26.7 Å². The number of hydrogen-bond donors (Lipinski definition) is 0. The number of methoxy groups -OCH3 is 1. The lowest BCUT2D eigenvalue weighted by Gasteiger charge is -2.13. The lowest BCUT2D eigenvalue weighted by atomic mass is 9.92. The predicted molar refractivity (Wildman–Crippen MR) is 82.6 cm³/mol. The summed E-state index contributed by atoms with van der Waals surface area (Å²) in [6, 6.07) is 12.2. The summed E-state index contributed by atoms with van der Waals surface area (Å²) in [5.74, 6) is 0.709. The lowest BCUT2D eigenvalue weighted by Crippen LogP contribution is -1.95. The molecule has 0 heterocycles. The Morgan fingerprint density at radius 3 is 2.40 bits per heavy atom. The molecule has 0 N–H and O–H groups in total. The molecule has 0 fully saturated rings. The van der Waals surface area contributed by atoms with E-state index >= 15 is 0 Å². The number of hydrogen-bond acceptors (Lipinski definition) is 2. The minimum absolute atomic E-state index is 0.673. The molecule has 0 aliphatic heterocycles. The van der Waals surface area contributed by atoms with E-state index in [2.05, 4.69) is 32.0 Å². The summed E-state index contributed by atoms with van der Waals surface area (Å²) in [7, 11) is 1.61. The van der Waals surface area contributed by atoms with Crippen molar-refractivity contribution < 1.29 is 9.53 Å². The van der Waals surface area contributed by atoms with Crippen molar-refractivity contribution in [2.24, 2.45) is 0 Å². The van der Waals surface area contributed by atoms with Crippen molar-refractivity contribution in [1.29, 1.82) is 0 Å². The maximum atomic E-state index is 11.4. The third-order valence-electron chi connectivity index (χ3n) is 3.64. The normalized spacial score (nSPS) is 10.3. The largest absolute Gasteiger partial charge is 0.497 e. The van der Waals surface area contributed by atoms with Gasteiger partial charge in [0.15, 0.2) is 6.29 Å². The molecule has 0 atom stereocenters. The van der Waals surface area contributed by atoms with Gasteiger partial charge in [-0.2, -0.15) is 0 Å². The van der Waals surface area contributed by atoms with E-state index in [4.69, 9.17) is 4.74 Å². The number of ether oxygens (including phenoxy) is 1. The molecule has 2 nitrogen and oxygen atoms in total. The highest BCUT2D eigenvalue weighted by atomic mass is 16.5. The lowest BCUT2D eigenvalue weighted by molar-refractivity contribution is 0.112. The van der Waals surface area contributed by atoms with Crippen molar-refractivity contribution >= 4 is 6.29 Å². The monoisotopic (exact) mass is 268 g/mol. The Labute approximate surface area is 120 Å². The predicted octanol–water partition coefficient (Wildman–Crippen LogP) is 4.30. The Morgan fingerprint density at radius 1 is 1.00 bits per heavy atom. The van der Waals surface area contributed by atoms with E-state index in [1.54, 1.807) is 13.2 Å². The molecule has 0 aliphatic carbocycles. The standard InChI is InChI=1S/C18H20O2/c1-4-13-6-7-14(5-2)18(10-13)17-9-8-16(20-3)11-15(17)12-19/h6-12H,4-5H2,1-3H3. The average Bonchev–Trinajstić information content (AvgIpc) is 2.53. The minimum Gasteiger partial charge on any atom is -0.497 e. The molecule has 20 heavy (non-hydrogen) atoms. The van der Waals surface area contributed by atoms with E-state index in [-0.39, 0.29) is 0 Å². The molecule has 0 bridgehead atoms. The Kier molecular flexibility index (Phi) is 4.57. The molecule has 2 rings (SSSR count). The van der Waals surface area contributed by atoms with E-state index in [1.165, 1.54) is 11.1 Å². The molecule has 0 saturated carbocycles. The van der Waals surface area contributed by atoms with Crippen molar-refractivity contribution in [3.8, 4) is 16.9 Å². The van der Waals surface area contributed by atoms with Crippen LogP contribution in [-0.2, 0) is 12.8 Å². The smallest absolute Gasteiger partial charge is 0.150 e. The summed E-state index contributed by atoms with van der Waals surface area (Å²) < 4.78 is 5.19. The second-order valence-corrected chi connectivity index (χ2v) is 4.77. The van der Waals surface area contributed by atoms with E-state index in [9.17, 15) is 4.79 Å². The fourth-order valence-corrected chi connectivity index (χ4v) is 2.41. The second-order valence-electron chi connectivity index (χ2n) is 4.77. The van der Waals surface area contributed by atoms with Gasteiger partial charge in [0.25, 0.3) is 0 Å². The zero-order valence-corrected chi connectivity index (χ0v) is 12.3. The number of carbonyl (C=O) groups is 1. The van der Waals surface area contributed by atoms with Crippen LogP contribution in [0.5, 0.6) is 5.75 Å². The summed E-state index contributed by atoms with van der Waals surface area (Å²) >= 11 is 0. The molecule has 0 saturated heterocycles. The van der Waals surface area contributed by atoms with Gasteiger partial charge in [-0.05, 0) is 53.3 Å². The van der Waals surface area contributed by atoms with Crippen LogP contribution in [0.15, 0.2) is 36.4 Å². The highest BCUT2D eigenvalue weighted by molar-refractivity contribution is 5.89. The molecule has 0 amide bonds. The van der Waals surface area contributed by atoms with Crippen LogP contribution in [0, 0.1) is 0 Å². The molecule has 104 valence electrons. The highest BCUT2D eigenvalue weighted by Crippen LogP contribution is 2.30. The molecule has 0 aromatic heterocycles. The van der Waals surface area contributed by atoms with Crippen LogP contribution in [0.4, 0.5) is 0 Å². The Balaban J connectivity index is 2.63. The third kappa shape index (κ3) is 2.74. The fourth-order valence-electron chi connectivity index (χ4n) is 2.41. The zero-order valence-electron chi connectivity index (χ0n) is 12.3. The third-order valence-corrected chi connectivity index (χ3v) is 3.64. The van der Waals surface area contributed by atoms with Gasteiger partial charge in [-0.25, -0.2) is 0 Å². The topological polar surface area (TPSA) is 26.3 Å². The van der Waals surface area contributed by atoms with Gasteiger partial charge in [0.05, 0.1) is 7.11 Å². The molecule has 0 unspecified atom stereocenters. The van der Waals surface area contributed by atoms with E-state index < -0.39 is 0 Å². The van der Waals surface area contributed by atoms with Crippen molar-refractivity contribution in [2.75, 3.05) is 7.11 Å². The van der Waals surface area contributed by atoms with Gasteiger partial charge in [0, 0.05) is 5.56 Å². The number of benzene rings is 2. The molecular formula is C18H20O2.